The Kier molecular flexibility index (Phi) is 5.07. The van der Waals surface area contributed by atoms with Crippen LogP contribution in [0.3, 0.4) is 0 Å². The number of hydrogen-bond donors (Lipinski definition) is 0. The normalized spacial score (nSPS) is 11.4. The van der Waals surface area contributed by atoms with Crippen LogP contribution in [0.2, 0.25) is 0 Å². The van der Waals surface area contributed by atoms with Gasteiger partial charge in [0.2, 0.25) is 0 Å². The van der Waals surface area contributed by atoms with Gasteiger partial charge in [0.1, 0.15) is 0 Å². The molecule has 0 saturated heterocycles. The minimum Gasteiger partial charge on any atom is -0.0991 e. The summed E-state index contributed by atoms with van der Waals surface area (Å²) in [6.07, 6.45) is 10.9. The Morgan fingerprint density at radius 3 is 2.10 bits per heavy atom. The van der Waals surface area contributed by atoms with Crippen molar-refractivity contribution >= 4 is 0 Å². The van der Waals surface area contributed by atoms with Crippen LogP contribution in [0.25, 0.3) is 0 Å². The van der Waals surface area contributed by atoms with Crippen LogP contribution in [0.15, 0.2) is 61.8 Å². The van der Waals surface area contributed by atoms with Gasteiger partial charge in [-0.3, -0.25) is 0 Å². The maximum absolute atomic E-state index is 3.63. The Morgan fingerprint density at radius 1 is 1.00 bits per heavy atom. The second kappa shape index (κ2) is 5.83. The van der Waals surface area contributed by atoms with Gasteiger partial charge in [0.25, 0.3) is 0 Å². The van der Waals surface area contributed by atoms with E-state index in [0.717, 1.165) is 5.57 Å². The van der Waals surface area contributed by atoms with Crippen LogP contribution in [-0.4, -0.2) is 0 Å². The zero-order chi connectivity index (χ0) is 7.82. The number of hydrogen-bond acceptors (Lipinski definition) is 0. The average molecular weight is 132 g/mol. The molecule has 0 heteroatoms. The molecule has 10 heavy (non-hydrogen) atoms. The minimum absolute atomic E-state index is 1.04. The van der Waals surface area contributed by atoms with E-state index < -0.39 is 0 Å². The van der Waals surface area contributed by atoms with Crippen LogP contribution < -0.4 is 0 Å². The van der Waals surface area contributed by atoms with Crippen molar-refractivity contribution in [2.75, 3.05) is 0 Å². The molecule has 0 aromatic heterocycles. The lowest BCUT2D eigenvalue weighted by Gasteiger charge is -1.86. The van der Waals surface area contributed by atoms with Gasteiger partial charge in [0.05, 0.1) is 0 Å². The highest BCUT2D eigenvalue weighted by Crippen LogP contribution is 1.97. The van der Waals surface area contributed by atoms with Gasteiger partial charge in [0.15, 0.2) is 0 Å². The maximum atomic E-state index is 3.63. The van der Waals surface area contributed by atoms with Crippen LogP contribution >= 0.6 is 0 Å². The van der Waals surface area contributed by atoms with Crippen molar-refractivity contribution in [3.8, 4) is 0 Å². The number of rotatable bonds is 4. The van der Waals surface area contributed by atoms with Gasteiger partial charge in [-0.25, -0.2) is 0 Å². The molecule has 0 fully saturated rings. The lowest BCUT2D eigenvalue weighted by Crippen LogP contribution is -1.65. The molecule has 0 aliphatic carbocycles. The van der Waals surface area contributed by atoms with Gasteiger partial charge in [-0.15, -0.1) is 0 Å². The van der Waals surface area contributed by atoms with Gasteiger partial charge in [0, 0.05) is 0 Å². The third-order valence-electron chi connectivity index (χ3n) is 0.971. The molecule has 0 saturated carbocycles. The fourth-order valence-electron chi connectivity index (χ4n) is 0.507. The van der Waals surface area contributed by atoms with Gasteiger partial charge in [-0.2, -0.15) is 0 Å². The van der Waals surface area contributed by atoms with E-state index in [4.69, 9.17) is 0 Å². The largest absolute Gasteiger partial charge is 0.0991 e. The minimum atomic E-state index is 1.04. The molecule has 0 amide bonds. The third kappa shape index (κ3) is 3.67. The summed E-state index contributed by atoms with van der Waals surface area (Å²) in [5.74, 6) is 0. The van der Waals surface area contributed by atoms with E-state index >= 15 is 0 Å². The van der Waals surface area contributed by atoms with Crippen LogP contribution in [0.1, 0.15) is 0 Å². The first kappa shape index (κ1) is 8.70. The molecule has 0 rings (SSSR count). The Labute approximate surface area is 62.6 Å². The quantitative estimate of drug-likeness (QED) is 0.516. The van der Waals surface area contributed by atoms with Gasteiger partial charge in [-0.05, 0) is 5.57 Å². The van der Waals surface area contributed by atoms with E-state index in [9.17, 15) is 0 Å². The summed E-state index contributed by atoms with van der Waals surface area (Å²) in [5, 5.41) is 0. The standard InChI is InChI=1S/C10H12/c1-4-7-9-10(6-3)8-5-2/h4-9H,1-3H2. The predicted molar refractivity (Wildman–Crippen MR) is 47.8 cm³/mol. The first-order valence-corrected chi connectivity index (χ1v) is 3.09. The maximum Gasteiger partial charge on any atom is -0.0263 e. The van der Waals surface area contributed by atoms with Crippen molar-refractivity contribution in [2.24, 2.45) is 0 Å². The fraction of sp³-hybridized carbons (Fsp3) is 0. The fourth-order valence-corrected chi connectivity index (χ4v) is 0.507. The first-order chi connectivity index (χ1) is 4.85. The Balaban J connectivity index is 4.20. The molecule has 0 heterocycles. The predicted octanol–water partition coefficient (Wildman–Crippen LogP) is 3.03. The first-order valence-electron chi connectivity index (χ1n) is 3.09. The molecule has 0 spiro atoms. The van der Waals surface area contributed by atoms with Gasteiger partial charge in [-0.1, -0.05) is 56.2 Å². The smallest absolute Gasteiger partial charge is 0.0263 e. The highest BCUT2D eigenvalue weighted by molar-refractivity contribution is 5.33. The summed E-state index contributed by atoms with van der Waals surface area (Å²) in [5.41, 5.74) is 1.04. The summed E-state index contributed by atoms with van der Waals surface area (Å²) >= 11 is 0. The summed E-state index contributed by atoms with van der Waals surface area (Å²) in [7, 11) is 0. The van der Waals surface area contributed by atoms with Gasteiger partial charge < -0.3 is 0 Å². The van der Waals surface area contributed by atoms with Crippen molar-refractivity contribution in [3.05, 3.63) is 61.8 Å². The van der Waals surface area contributed by atoms with Gasteiger partial charge >= 0.3 is 0 Å². The van der Waals surface area contributed by atoms with E-state index in [1.165, 1.54) is 0 Å². The molecular formula is C10H12. The van der Waals surface area contributed by atoms with Crippen molar-refractivity contribution in [3.63, 3.8) is 0 Å². The molecule has 0 atom stereocenters. The molecule has 0 radical (unpaired) electrons. The third-order valence-corrected chi connectivity index (χ3v) is 0.971. The molecule has 0 aromatic rings. The molecule has 0 unspecified atom stereocenters. The Bertz CT molecular complexity index is 180. The van der Waals surface area contributed by atoms with Crippen LogP contribution in [0.4, 0.5) is 0 Å². The molecule has 0 aliphatic heterocycles. The van der Waals surface area contributed by atoms with Crippen LogP contribution in [0, 0.1) is 0 Å². The Hall–Kier alpha value is -1.30. The number of allylic oxidation sites excluding steroid dienone is 7. The van der Waals surface area contributed by atoms with Crippen molar-refractivity contribution in [1.82, 2.24) is 0 Å². The SMILES string of the molecule is C=CC=CC(C=C)=CC=C. The zero-order valence-electron chi connectivity index (χ0n) is 6.09. The topological polar surface area (TPSA) is 0 Å². The Morgan fingerprint density at radius 2 is 1.70 bits per heavy atom. The van der Waals surface area contributed by atoms with E-state index in [1.54, 1.807) is 18.2 Å². The zero-order valence-corrected chi connectivity index (χ0v) is 6.09. The van der Waals surface area contributed by atoms with Crippen LogP contribution in [0.5, 0.6) is 0 Å². The van der Waals surface area contributed by atoms with E-state index in [2.05, 4.69) is 19.7 Å². The highest BCUT2D eigenvalue weighted by atomic mass is 13.8. The molecule has 0 bridgehead atoms. The lowest BCUT2D eigenvalue weighted by atomic mass is 10.2. The molecular weight excluding hydrogens is 120 g/mol. The second-order valence-corrected chi connectivity index (χ2v) is 1.70. The second-order valence-electron chi connectivity index (χ2n) is 1.70. The van der Waals surface area contributed by atoms with Crippen LogP contribution in [-0.2, 0) is 0 Å². The van der Waals surface area contributed by atoms with E-state index in [1.807, 2.05) is 18.2 Å². The average Bonchev–Trinajstić information content (AvgIpc) is 1.98. The lowest BCUT2D eigenvalue weighted by molar-refractivity contribution is 1.70. The summed E-state index contributed by atoms with van der Waals surface area (Å²) < 4.78 is 0. The van der Waals surface area contributed by atoms with E-state index in [-0.39, 0.29) is 0 Å². The molecule has 0 aliphatic rings. The van der Waals surface area contributed by atoms with E-state index in [0.29, 0.717) is 0 Å². The van der Waals surface area contributed by atoms with Crippen molar-refractivity contribution < 1.29 is 0 Å². The summed E-state index contributed by atoms with van der Waals surface area (Å²) in [6, 6.07) is 0. The monoisotopic (exact) mass is 132 g/mol. The van der Waals surface area contributed by atoms with Crippen molar-refractivity contribution in [1.29, 1.82) is 0 Å². The highest BCUT2D eigenvalue weighted by Gasteiger charge is 1.77. The molecule has 0 aromatic carbocycles. The summed E-state index contributed by atoms with van der Waals surface area (Å²) in [4.78, 5) is 0. The molecule has 0 N–H and O–H groups in total. The molecule has 0 nitrogen and oxygen atoms in total. The van der Waals surface area contributed by atoms with Crippen molar-refractivity contribution in [2.45, 2.75) is 0 Å². The molecule has 52 valence electrons. The summed E-state index contributed by atoms with van der Waals surface area (Å²) in [6.45, 7) is 10.8.